The first-order valence-corrected chi connectivity index (χ1v) is 7.23. The van der Waals surface area contributed by atoms with Crippen molar-refractivity contribution < 1.29 is 9.90 Å². The number of thioether (sulfide) groups is 1. The Hall–Kier alpha value is -1.82. The number of aliphatic carboxylic acids is 1. The Morgan fingerprint density at radius 1 is 1.35 bits per heavy atom. The minimum absolute atomic E-state index is 0.00223. The highest BCUT2D eigenvalue weighted by molar-refractivity contribution is 7.99. The number of aromatic nitrogens is 3. The summed E-state index contributed by atoms with van der Waals surface area (Å²) in [6, 6.07) is 8.02. The molecule has 2 rings (SSSR count). The van der Waals surface area contributed by atoms with E-state index in [-0.39, 0.29) is 11.2 Å². The molecule has 0 radical (unpaired) electrons. The number of hydrogen-bond acceptors (Lipinski definition) is 4. The van der Waals surface area contributed by atoms with Gasteiger partial charge in [0.05, 0.1) is 5.75 Å². The van der Waals surface area contributed by atoms with E-state index in [0.29, 0.717) is 11.0 Å². The van der Waals surface area contributed by atoms with Crippen LogP contribution in [0.3, 0.4) is 0 Å². The molecule has 1 aromatic heterocycles. The van der Waals surface area contributed by atoms with E-state index in [2.05, 4.69) is 42.0 Å². The summed E-state index contributed by atoms with van der Waals surface area (Å²) in [5.41, 5.74) is 2.17. The van der Waals surface area contributed by atoms with Crippen LogP contribution in [0.2, 0.25) is 0 Å². The van der Waals surface area contributed by atoms with E-state index in [1.165, 1.54) is 5.56 Å². The van der Waals surface area contributed by atoms with Crippen LogP contribution in [0.4, 0.5) is 0 Å². The number of H-pyrrole nitrogens is 1. The fourth-order valence-electron chi connectivity index (χ4n) is 1.90. The third kappa shape index (κ3) is 3.39. The van der Waals surface area contributed by atoms with Gasteiger partial charge in [0.1, 0.15) is 0 Å². The molecule has 5 nitrogen and oxygen atoms in total. The second-order valence-corrected chi connectivity index (χ2v) is 6.39. The van der Waals surface area contributed by atoms with Crippen molar-refractivity contribution >= 4 is 17.7 Å². The van der Waals surface area contributed by atoms with Gasteiger partial charge in [-0.1, -0.05) is 56.8 Å². The lowest BCUT2D eigenvalue weighted by molar-refractivity contribution is -0.133. The Bertz CT molecular complexity index is 617. The third-order valence-corrected chi connectivity index (χ3v) is 3.61. The molecule has 0 aliphatic heterocycles. The zero-order valence-electron chi connectivity index (χ0n) is 11.7. The van der Waals surface area contributed by atoms with Crippen molar-refractivity contribution in [3.8, 4) is 11.4 Å². The number of nitrogens with zero attached hydrogens (tertiary/aromatic N) is 2. The third-order valence-electron chi connectivity index (χ3n) is 2.78. The zero-order valence-corrected chi connectivity index (χ0v) is 12.5. The van der Waals surface area contributed by atoms with Crippen LogP contribution in [0.5, 0.6) is 0 Å². The van der Waals surface area contributed by atoms with E-state index in [1.54, 1.807) is 0 Å². The SMILES string of the molecule is CC(C)(C)c1ccccc1-c1nc(SCC(=O)O)n[nH]1. The van der Waals surface area contributed by atoms with E-state index in [0.717, 1.165) is 17.3 Å². The smallest absolute Gasteiger partial charge is 0.313 e. The van der Waals surface area contributed by atoms with Gasteiger partial charge >= 0.3 is 5.97 Å². The molecule has 0 amide bonds. The van der Waals surface area contributed by atoms with Crippen LogP contribution in [0.25, 0.3) is 11.4 Å². The zero-order chi connectivity index (χ0) is 14.8. The molecule has 0 spiro atoms. The predicted molar refractivity (Wildman–Crippen MR) is 78.9 cm³/mol. The second kappa shape index (κ2) is 5.66. The molecule has 0 aliphatic rings. The fraction of sp³-hybridized carbons (Fsp3) is 0.357. The van der Waals surface area contributed by atoms with Gasteiger partial charge < -0.3 is 5.11 Å². The molecular formula is C14H17N3O2S. The predicted octanol–water partition coefficient (Wildman–Crippen LogP) is 2.95. The van der Waals surface area contributed by atoms with Gasteiger partial charge in [0.15, 0.2) is 5.82 Å². The summed E-state index contributed by atoms with van der Waals surface area (Å²) < 4.78 is 0. The van der Waals surface area contributed by atoms with Gasteiger partial charge in [-0.25, -0.2) is 4.98 Å². The van der Waals surface area contributed by atoms with Crippen molar-refractivity contribution in [1.82, 2.24) is 15.2 Å². The van der Waals surface area contributed by atoms with Crippen LogP contribution in [-0.4, -0.2) is 32.0 Å². The van der Waals surface area contributed by atoms with Gasteiger partial charge in [0.2, 0.25) is 5.16 Å². The summed E-state index contributed by atoms with van der Waals surface area (Å²) in [4.78, 5) is 14.9. The molecule has 0 atom stereocenters. The Morgan fingerprint density at radius 3 is 2.70 bits per heavy atom. The number of carboxylic acid groups (broad SMARTS) is 1. The topological polar surface area (TPSA) is 78.9 Å². The van der Waals surface area contributed by atoms with Gasteiger partial charge in [0.25, 0.3) is 0 Å². The van der Waals surface area contributed by atoms with Crippen molar-refractivity contribution in [3.63, 3.8) is 0 Å². The molecule has 1 heterocycles. The molecule has 0 fully saturated rings. The van der Waals surface area contributed by atoms with E-state index in [1.807, 2.05) is 18.2 Å². The summed E-state index contributed by atoms with van der Waals surface area (Å²) in [5.74, 6) is -0.252. The first-order valence-electron chi connectivity index (χ1n) is 6.25. The Labute approximate surface area is 121 Å². The molecule has 2 aromatic rings. The van der Waals surface area contributed by atoms with Gasteiger partial charge in [-0.05, 0) is 11.0 Å². The molecule has 0 saturated heterocycles. The van der Waals surface area contributed by atoms with Crippen LogP contribution >= 0.6 is 11.8 Å². The van der Waals surface area contributed by atoms with Crippen molar-refractivity contribution in [2.45, 2.75) is 31.3 Å². The van der Waals surface area contributed by atoms with Crippen LogP contribution in [0.15, 0.2) is 29.4 Å². The lowest BCUT2D eigenvalue weighted by Crippen LogP contribution is -2.12. The van der Waals surface area contributed by atoms with Gasteiger partial charge in [-0.3, -0.25) is 9.89 Å². The standard InChI is InChI=1S/C14H17N3O2S/c1-14(2,3)10-7-5-4-6-9(10)12-15-13(17-16-12)20-8-11(18)19/h4-7H,8H2,1-3H3,(H,18,19)(H,15,16,17). The molecule has 1 aromatic carbocycles. The summed E-state index contributed by atoms with van der Waals surface area (Å²) in [7, 11) is 0. The Kier molecular flexibility index (Phi) is 4.13. The van der Waals surface area contributed by atoms with Gasteiger partial charge in [-0.2, -0.15) is 0 Å². The van der Waals surface area contributed by atoms with Crippen LogP contribution in [0.1, 0.15) is 26.3 Å². The van der Waals surface area contributed by atoms with E-state index >= 15 is 0 Å². The average Bonchev–Trinajstić information content (AvgIpc) is 2.84. The first-order chi connectivity index (χ1) is 9.38. The average molecular weight is 291 g/mol. The number of aromatic amines is 1. The number of rotatable bonds is 4. The molecule has 6 heteroatoms. The largest absolute Gasteiger partial charge is 0.481 e. The molecule has 0 bridgehead atoms. The van der Waals surface area contributed by atoms with Crippen molar-refractivity contribution in [3.05, 3.63) is 29.8 Å². The molecule has 20 heavy (non-hydrogen) atoms. The minimum atomic E-state index is -0.878. The van der Waals surface area contributed by atoms with Crippen LogP contribution in [0, 0.1) is 0 Å². The number of carboxylic acids is 1. The summed E-state index contributed by atoms with van der Waals surface area (Å²) in [6.45, 7) is 6.42. The highest BCUT2D eigenvalue weighted by Crippen LogP contribution is 2.31. The van der Waals surface area contributed by atoms with Gasteiger partial charge in [-0.15, -0.1) is 5.10 Å². The van der Waals surface area contributed by atoms with Crippen LogP contribution < -0.4 is 0 Å². The van der Waals surface area contributed by atoms with Crippen molar-refractivity contribution in [2.24, 2.45) is 0 Å². The molecular weight excluding hydrogens is 274 g/mol. The Balaban J connectivity index is 2.31. The van der Waals surface area contributed by atoms with Crippen molar-refractivity contribution in [1.29, 1.82) is 0 Å². The lowest BCUT2D eigenvalue weighted by atomic mass is 9.83. The number of hydrogen-bond donors (Lipinski definition) is 2. The summed E-state index contributed by atoms with van der Waals surface area (Å²) in [5, 5.41) is 16.0. The lowest BCUT2D eigenvalue weighted by Gasteiger charge is -2.21. The molecule has 106 valence electrons. The van der Waals surface area contributed by atoms with Gasteiger partial charge in [0, 0.05) is 5.56 Å². The van der Waals surface area contributed by atoms with Crippen molar-refractivity contribution in [2.75, 3.05) is 5.75 Å². The highest BCUT2D eigenvalue weighted by atomic mass is 32.2. The second-order valence-electron chi connectivity index (χ2n) is 5.44. The number of nitrogens with one attached hydrogen (secondary N) is 1. The highest BCUT2D eigenvalue weighted by Gasteiger charge is 2.20. The normalized spacial score (nSPS) is 11.6. The summed E-state index contributed by atoms with van der Waals surface area (Å²) in [6.07, 6.45) is 0. The molecule has 0 aliphatic carbocycles. The fourth-order valence-corrected chi connectivity index (χ4v) is 2.42. The first kappa shape index (κ1) is 14.6. The quantitative estimate of drug-likeness (QED) is 0.847. The molecule has 0 saturated carbocycles. The van der Waals surface area contributed by atoms with E-state index in [9.17, 15) is 4.79 Å². The molecule has 2 N–H and O–H groups in total. The number of carbonyl (C=O) groups is 1. The Morgan fingerprint density at radius 2 is 2.05 bits per heavy atom. The maximum Gasteiger partial charge on any atom is 0.313 e. The monoisotopic (exact) mass is 291 g/mol. The number of benzene rings is 1. The van der Waals surface area contributed by atoms with E-state index < -0.39 is 5.97 Å². The van der Waals surface area contributed by atoms with Crippen LogP contribution in [-0.2, 0) is 10.2 Å². The minimum Gasteiger partial charge on any atom is -0.481 e. The summed E-state index contributed by atoms with van der Waals surface area (Å²) >= 11 is 1.10. The maximum absolute atomic E-state index is 10.5. The molecule has 0 unspecified atom stereocenters. The van der Waals surface area contributed by atoms with E-state index in [4.69, 9.17) is 5.11 Å². The maximum atomic E-state index is 10.5.